The summed E-state index contributed by atoms with van der Waals surface area (Å²) in [4.78, 5) is 14.4. The van der Waals surface area contributed by atoms with Crippen LogP contribution in [0.15, 0.2) is 42.5 Å². The molecule has 3 nitrogen and oxygen atoms in total. The lowest BCUT2D eigenvalue weighted by molar-refractivity contribution is -0.116. The van der Waals surface area contributed by atoms with Crippen molar-refractivity contribution in [3.63, 3.8) is 0 Å². The smallest absolute Gasteiger partial charge is 0.224 e. The number of para-hydroxylation sites is 1. The van der Waals surface area contributed by atoms with Gasteiger partial charge in [0.1, 0.15) is 11.5 Å². The van der Waals surface area contributed by atoms with E-state index >= 15 is 0 Å². The average Bonchev–Trinajstić information content (AvgIpc) is 3.13. The van der Waals surface area contributed by atoms with E-state index in [2.05, 4.69) is 41.4 Å². The van der Waals surface area contributed by atoms with Gasteiger partial charge in [0.05, 0.1) is 5.69 Å². The van der Waals surface area contributed by atoms with Crippen LogP contribution in [0.5, 0.6) is 0 Å². The maximum Gasteiger partial charge on any atom is 0.224 e. The highest BCUT2D eigenvalue weighted by Crippen LogP contribution is 2.31. The molecule has 1 N–H and O–H groups in total. The van der Waals surface area contributed by atoms with Crippen molar-refractivity contribution in [2.75, 3.05) is 23.3 Å². The summed E-state index contributed by atoms with van der Waals surface area (Å²) >= 11 is 0. The van der Waals surface area contributed by atoms with Gasteiger partial charge in [-0.1, -0.05) is 35.9 Å². The Hall–Kier alpha value is -2.36. The maximum atomic E-state index is 14.2. The molecule has 1 heterocycles. The highest BCUT2D eigenvalue weighted by molar-refractivity contribution is 5.94. The van der Waals surface area contributed by atoms with E-state index in [0.29, 0.717) is 12.1 Å². The van der Waals surface area contributed by atoms with Gasteiger partial charge in [0.15, 0.2) is 0 Å². The van der Waals surface area contributed by atoms with Crippen molar-refractivity contribution in [3.05, 3.63) is 59.4 Å². The molecule has 132 valence electrons. The van der Waals surface area contributed by atoms with Gasteiger partial charge in [0.25, 0.3) is 0 Å². The van der Waals surface area contributed by atoms with Gasteiger partial charge in [0.2, 0.25) is 5.91 Å². The summed E-state index contributed by atoms with van der Waals surface area (Å²) in [5, 5.41) is 2.80. The van der Waals surface area contributed by atoms with Crippen molar-refractivity contribution in [2.45, 2.75) is 39.0 Å². The fourth-order valence-corrected chi connectivity index (χ4v) is 3.27. The van der Waals surface area contributed by atoms with Crippen LogP contribution in [0.25, 0.3) is 0 Å². The van der Waals surface area contributed by atoms with Gasteiger partial charge in [-0.3, -0.25) is 4.79 Å². The SMILES string of the molecule is Cc1ccc(CCCC(=O)Nc2c(F)cccc2N2CCCC2)cc1. The number of hydrogen-bond donors (Lipinski definition) is 1. The molecule has 0 aromatic heterocycles. The number of carbonyl (C=O) groups is 1. The van der Waals surface area contributed by atoms with Gasteiger partial charge >= 0.3 is 0 Å². The summed E-state index contributed by atoms with van der Waals surface area (Å²) in [6.07, 6.45) is 4.22. The van der Waals surface area contributed by atoms with Crippen LogP contribution in [0.2, 0.25) is 0 Å². The zero-order chi connectivity index (χ0) is 17.6. The van der Waals surface area contributed by atoms with E-state index in [-0.39, 0.29) is 11.7 Å². The number of rotatable bonds is 6. The second-order valence-corrected chi connectivity index (χ2v) is 6.72. The van der Waals surface area contributed by atoms with Crippen LogP contribution in [-0.2, 0) is 11.2 Å². The summed E-state index contributed by atoms with van der Waals surface area (Å²) in [6, 6.07) is 13.3. The fourth-order valence-electron chi connectivity index (χ4n) is 3.27. The summed E-state index contributed by atoms with van der Waals surface area (Å²) in [6.45, 7) is 3.89. The number of anilines is 2. The van der Waals surface area contributed by atoms with E-state index in [9.17, 15) is 9.18 Å². The third-order valence-corrected chi connectivity index (χ3v) is 4.69. The topological polar surface area (TPSA) is 32.3 Å². The van der Waals surface area contributed by atoms with Crippen LogP contribution in [0.3, 0.4) is 0 Å². The van der Waals surface area contributed by atoms with E-state index in [4.69, 9.17) is 0 Å². The number of aryl methyl sites for hydroxylation is 2. The van der Waals surface area contributed by atoms with Crippen LogP contribution < -0.4 is 10.2 Å². The van der Waals surface area contributed by atoms with Crippen molar-refractivity contribution in [1.82, 2.24) is 0 Å². The molecule has 0 atom stereocenters. The largest absolute Gasteiger partial charge is 0.370 e. The minimum Gasteiger partial charge on any atom is -0.370 e. The molecule has 1 fully saturated rings. The van der Waals surface area contributed by atoms with Crippen LogP contribution in [0.1, 0.15) is 36.8 Å². The second kappa shape index (κ2) is 8.15. The number of amides is 1. The second-order valence-electron chi connectivity index (χ2n) is 6.72. The molecule has 0 radical (unpaired) electrons. The van der Waals surface area contributed by atoms with E-state index in [1.54, 1.807) is 6.07 Å². The molecule has 1 aliphatic heterocycles. The van der Waals surface area contributed by atoms with E-state index in [1.807, 2.05) is 6.07 Å². The Labute approximate surface area is 148 Å². The molecule has 2 aromatic carbocycles. The minimum atomic E-state index is -0.365. The first-order valence-corrected chi connectivity index (χ1v) is 9.02. The Balaban J connectivity index is 1.58. The van der Waals surface area contributed by atoms with Crippen molar-refractivity contribution >= 4 is 17.3 Å². The number of benzene rings is 2. The number of carbonyl (C=O) groups excluding carboxylic acids is 1. The summed E-state index contributed by atoms with van der Waals surface area (Å²) in [5.74, 6) is -0.492. The summed E-state index contributed by atoms with van der Waals surface area (Å²) < 4.78 is 14.2. The highest BCUT2D eigenvalue weighted by Gasteiger charge is 2.19. The zero-order valence-electron chi connectivity index (χ0n) is 14.7. The summed E-state index contributed by atoms with van der Waals surface area (Å²) in [7, 11) is 0. The van der Waals surface area contributed by atoms with Gasteiger partial charge in [0, 0.05) is 19.5 Å². The van der Waals surface area contributed by atoms with Crippen molar-refractivity contribution in [3.8, 4) is 0 Å². The Morgan fingerprint density at radius 2 is 1.84 bits per heavy atom. The number of nitrogens with zero attached hydrogens (tertiary/aromatic N) is 1. The van der Waals surface area contributed by atoms with Gasteiger partial charge < -0.3 is 10.2 Å². The summed E-state index contributed by atoms with van der Waals surface area (Å²) in [5.41, 5.74) is 3.58. The Kier molecular flexibility index (Phi) is 5.69. The molecule has 0 bridgehead atoms. The van der Waals surface area contributed by atoms with Crippen molar-refractivity contribution in [1.29, 1.82) is 0 Å². The first kappa shape index (κ1) is 17.5. The van der Waals surface area contributed by atoms with Crippen LogP contribution >= 0.6 is 0 Å². The number of nitrogens with one attached hydrogen (secondary N) is 1. The van der Waals surface area contributed by atoms with E-state index in [0.717, 1.165) is 44.5 Å². The van der Waals surface area contributed by atoms with Gasteiger partial charge in [-0.25, -0.2) is 4.39 Å². The third kappa shape index (κ3) is 4.59. The predicted molar refractivity (Wildman–Crippen MR) is 101 cm³/mol. The van der Waals surface area contributed by atoms with Crippen molar-refractivity contribution in [2.24, 2.45) is 0 Å². The quantitative estimate of drug-likeness (QED) is 0.827. The molecule has 4 heteroatoms. The molecule has 2 aromatic rings. The molecule has 1 aliphatic rings. The molecule has 0 saturated carbocycles. The molecule has 0 spiro atoms. The number of halogens is 1. The molecular formula is C21H25FN2O. The molecule has 1 saturated heterocycles. The molecule has 0 aliphatic carbocycles. The van der Waals surface area contributed by atoms with Gasteiger partial charge in [-0.15, -0.1) is 0 Å². The Bertz CT molecular complexity index is 721. The molecule has 1 amide bonds. The average molecular weight is 340 g/mol. The van der Waals surface area contributed by atoms with E-state index in [1.165, 1.54) is 17.2 Å². The normalized spacial score (nSPS) is 13.9. The first-order chi connectivity index (χ1) is 12.1. The van der Waals surface area contributed by atoms with Gasteiger partial charge in [-0.05, 0) is 50.3 Å². The van der Waals surface area contributed by atoms with E-state index < -0.39 is 0 Å². The standard InChI is InChI=1S/C21H25FN2O/c1-16-10-12-17(13-11-16)6-4-9-20(25)23-21-18(22)7-5-8-19(21)24-14-2-3-15-24/h5,7-8,10-13H,2-4,6,9,14-15H2,1H3,(H,23,25). The Morgan fingerprint density at radius 3 is 2.56 bits per heavy atom. The molecular weight excluding hydrogens is 315 g/mol. The lowest BCUT2D eigenvalue weighted by Crippen LogP contribution is -2.22. The molecule has 0 unspecified atom stereocenters. The van der Waals surface area contributed by atoms with Gasteiger partial charge in [-0.2, -0.15) is 0 Å². The lowest BCUT2D eigenvalue weighted by Gasteiger charge is -2.22. The fraction of sp³-hybridized carbons (Fsp3) is 0.381. The predicted octanol–water partition coefficient (Wildman–Crippen LogP) is 4.70. The molecule has 25 heavy (non-hydrogen) atoms. The highest BCUT2D eigenvalue weighted by atomic mass is 19.1. The van der Waals surface area contributed by atoms with Crippen LogP contribution in [0.4, 0.5) is 15.8 Å². The Morgan fingerprint density at radius 1 is 1.12 bits per heavy atom. The van der Waals surface area contributed by atoms with Crippen LogP contribution in [-0.4, -0.2) is 19.0 Å². The monoisotopic (exact) mass is 340 g/mol. The zero-order valence-corrected chi connectivity index (χ0v) is 14.7. The van der Waals surface area contributed by atoms with Crippen molar-refractivity contribution < 1.29 is 9.18 Å². The number of hydrogen-bond acceptors (Lipinski definition) is 2. The van der Waals surface area contributed by atoms with Crippen LogP contribution in [0, 0.1) is 12.7 Å². The molecule has 3 rings (SSSR count). The lowest BCUT2D eigenvalue weighted by atomic mass is 10.1. The maximum absolute atomic E-state index is 14.2. The third-order valence-electron chi connectivity index (χ3n) is 4.69. The first-order valence-electron chi connectivity index (χ1n) is 9.02. The minimum absolute atomic E-state index is 0.127.